The lowest BCUT2D eigenvalue weighted by atomic mass is 9.85. The highest BCUT2D eigenvalue weighted by Gasteiger charge is 2.38. The zero-order valence-electron chi connectivity index (χ0n) is 15.0. The summed E-state index contributed by atoms with van der Waals surface area (Å²) in [6.07, 6.45) is 3.79. The maximum atomic E-state index is 12.5. The van der Waals surface area contributed by atoms with Crippen LogP contribution in [0.1, 0.15) is 36.0 Å². The van der Waals surface area contributed by atoms with Gasteiger partial charge in [-0.15, -0.1) is 0 Å². The zero-order valence-corrected chi connectivity index (χ0v) is 15.0. The minimum absolute atomic E-state index is 0.0242. The van der Waals surface area contributed by atoms with Gasteiger partial charge >= 0.3 is 5.97 Å². The number of hydrogen-bond acceptors (Lipinski definition) is 4. The van der Waals surface area contributed by atoms with Crippen molar-refractivity contribution in [1.82, 2.24) is 15.2 Å². The summed E-state index contributed by atoms with van der Waals surface area (Å²) in [5.41, 5.74) is 0.410. The van der Waals surface area contributed by atoms with Crippen LogP contribution in [0.2, 0.25) is 0 Å². The molecule has 1 aromatic heterocycles. The number of H-pyrrole nitrogens is 1. The highest BCUT2D eigenvalue weighted by molar-refractivity contribution is 5.97. The average molecular weight is 369 g/mol. The summed E-state index contributed by atoms with van der Waals surface area (Å²) in [4.78, 5) is 40.6. The van der Waals surface area contributed by atoms with E-state index in [1.54, 1.807) is 12.1 Å². The van der Waals surface area contributed by atoms with Crippen molar-refractivity contribution in [1.29, 1.82) is 0 Å². The molecule has 3 N–H and O–H groups in total. The molecule has 4 rings (SSSR count). The van der Waals surface area contributed by atoms with Crippen molar-refractivity contribution < 1.29 is 14.7 Å². The number of aliphatic carboxylic acids is 1. The molecule has 0 bridgehead atoms. The Bertz CT molecular complexity index is 928. The van der Waals surface area contributed by atoms with Gasteiger partial charge in [-0.05, 0) is 49.1 Å². The van der Waals surface area contributed by atoms with E-state index in [1.807, 2.05) is 23.1 Å². The normalized spacial score (nSPS) is 21.8. The number of para-hydroxylation sites is 1. The fourth-order valence-corrected chi connectivity index (χ4v) is 3.73. The first kappa shape index (κ1) is 17.7. The third-order valence-corrected chi connectivity index (χ3v) is 5.49. The number of fused-ring (bicyclic) bond motifs is 1. The monoisotopic (exact) mass is 369 g/mol. The Morgan fingerprint density at radius 2 is 1.96 bits per heavy atom. The van der Waals surface area contributed by atoms with Crippen LogP contribution in [0, 0.1) is 5.92 Å². The van der Waals surface area contributed by atoms with Gasteiger partial charge in [0.1, 0.15) is 5.56 Å². The van der Waals surface area contributed by atoms with Crippen LogP contribution >= 0.6 is 0 Å². The molecule has 0 atom stereocenters. The number of nitrogens with one attached hydrogen (secondary N) is 2. The second-order valence-corrected chi connectivity index (χ2v) is 7.66. The maximum Gasteiger partial charge on any atom is 0.317 e. The number of aromatic nitrogens is 1. The van der Waals surface area contributed by atoms with E-state index in [-0.39, 0.29) is 30.1 Å². The number of benzene rings is 1. The van der Waals surface area contributed by atoms with Crippen molar-refractivity contribution in [3.8, 4) is 0 Å². The third-order valence-electron chi connectivity index (χ3n) is 5.49. The topological polar surface area (TPSA) is 102 Å². The minimum atomic E-state index is -0.814. The van der Waals surface area contributed by atoms with Gasteiger partial charge in [-0.3, -0.25) is 19.3 Å². The van der Waals surface area contributed by atoms with E-state index in [2.05, 4.69) is 10.3 Å². The molecule has 0 radical (unpaired) electrons. The first-order chi connectivity index (χ1) is 13.0. The van der Waals surface area contributed by atoms with E-state index >= 15 is 0 Å². The summed E-state index contributed by atoms with van der Waals surface area (Å²) in [7, 11) is 0. The second-order valence-electron chi connectivity index (χ2n) is 7.66. The molecule has 2 saturated carbocycles. The van der Waals surface area contributed by atoms with Crippen LogP contribution in [0.15, 0.2) is 35.1 Å². The summed E-state index contributed by atoms with van der Waals surface area (Å²) in [5, 5.41) is 12.8. The number of aromatic amines is 1. The van der Waals surface area contributed by atoms with Gasteiger partial charge in [0.15, 0.2) is 0 Å². The highest BCUT2D eigenvalue weighted by Crippen LogP contribution is 2.33. The molecule has 1 amide bonds. The van der Waals surface area contributed by atoms with Gasteiger partial charge in [0.05, 0.1) is 6.54 Å². The first-order valence-corrected chi connectivity index (χ1v) is 9.38. The lowest BCUT2D eigenvalue weighted by Gasteiger charge is -2.42. The van der Waals surface area contributed by atoms with Crippen molar-refractivity contribution in [2.75, 3.05) is 13.1 Å². The second kappa shape index (κ2) is 7.15. The van der Waals surface area contributed by atoms with E-state index in [9.17, 15) is 14.4 Å². The number of carboxylic acid groups (broad SMARTS) is 1. The molecule has 7 heteroatoms. The number of carbonyl (C=O) groups is 2. The molecular weight excluding hydrogens is 346 g/mol. The van der Waals surface area contributed by atoms with Crippen LogP contribution in [-0.4, -0.2) is 52.0 Å². The Hall–Kier alpha value is -2.67. The fraction of sp³-hybridized carbons (Fsp3) is 0.450. The van der Waals surface area contributed by atoms with Gasteiger partial charge in [-0.1, -0.05) is 18.2 Å². The Balaban J connectivity index is 1.38. The largest absolute Gasteiger partial charge is 0.480 e. The highest BCUT2D eigenvalue weighted by atomic mass is 16.4. The minimum Gasteiger partial charge on any atom is -0.480 e. The van der Waals surface area contributed by atoms with Gasteiger partial charge < -0.3 is 15.4 Å². The Morgan fingerprint density at radius 3 is 2.67 bits per heavy atom. The summed E-state index contributed by atoms with van der Waals surface area (Å²) in [6.45, 7) is 0.869. The summed E-state index contributed by atoms with van der Waals surface area (Å²) < 4.78 is 0. The number of rotatable bonds is 7. The van der Waals surface area contributed by atoms with Gasteiger partial charge in [0.25, 0.3) is 11.5 Å². The Labute approximate surface area is 156 Å². The van der Waals surface area contributed by atoms with Crippen LogP contribution in [0.25, 0.3) is 10.9 Å². The van der Waals surface area contributed by atoms with E-state index in [0.717, 1.165) is 24.8 Å². The van der Waals surface area contributed by atoms with Gasteiger partial charge in [-0.2, -0.15) is 0 Å². The molecule has 2 fully saturated rings. The molecule has 2 aliphatic rings. The average Bonchev–Trinajstić information content (AvgIpc) is 3.40. The van der Waals surface area contributed by atoms with Crippen molar-refractivity contribution in [2.24, 2.45) is 5.92 Å². The maximum absolute atomic E-state index is 12.5. The summed E-state index contributed by atoms with van der Waals surface area (Å²) >= 11 is 0. The molecule has 0 spiro atoms. The molecule has 0 saturated heterocycles. The van der Waals surface area contributed by atoms with Crippen LogP contribution < -0.4 is 10.9 Å². The SMILES string of the molecule is O=C(O)CN(CC1CC1)C1CC(NC(=O)c2cc3ccccc3[nH]c2=O)C1. The van der Waals surface area contributed by atoms with Gasteiger partial charge in [0.2, 0.25) is 0 Å². The zero-order chi connectivity index (χ0) is 19.0. The molecule has 2 aliphatic carbocycles. The van der Waals surface area contributed by atoms with Crippen LogP contribution in [0.4, 0.5) is 0 Å². The Kier molecular flexibility index (Phi) is 4.70. The first-order valence-electron chi connectivity index (χ1n) is 9.38. The van der Waals surface area contributed by atoms with E-state index in [0.29, 0.717) is 11.4 Å². The van der Waals surface area contributed by atoms with E-state index < -0.39 is 11.5 Å². The number of pyridine rings is 1. The van der Waals surface area contributed by atoms with Crippen LogP contribution in [-0.2, 0) is 4.79 Å². The number of carboxylic acids is 1. The third kappa shape index (κ3) is 4.03. The van der Waals surface area contributed by atoms with Crippen molar-refractivity contribution in [3.05, 3.63) is 46.2 Å². The van der Waals surface area contributed by atoms with Crippen LogP contribution in [0.5, 0.6) is 0 Å². The number of amides is 1. The van der Waals surface area contributed by atoms with E-state index in [4.69, 9.17) is 5.11 Å². The van der Waals surface area contributed by atoms with E-state index in [1.165, 1.54) is 12.8 Å². The lowest BCUT2D eigenvalue weighted by Crippen LogP contribution is -2.55. The van der Waals surface area contributed by atoms with Crippen LogP contribution in [0.3, 0.4) is 0 Å². The van der Waals surface area contributed by atoms with Gasteiger partial charge in [-0.25, -0.2) is 0 Å². The van der Waals surface area contributed by atoms with Crippen molar-refractivity contribution in [2.45, 2.75) is 37.8 Å². The number of carbonyl (C=O) groups excluding carboxylic acids is 1. The van der Waals surface area contributed by atoms with Gasteiger partial charge in [0, 0.05) is 24.1 Å². The molecule has 0 unspecified atom stereocenters. The van der Waals surface area contributed by atoms with Crippen molar-refractivity contribution >= 4 is 22.8 Å². The molecule has 142 valence electrons. The summed E-state index contributed by atoms with van der Waals surface area (Å²) in [5.74, 6) is -0.572. The molecule has 0 aliphatic heterocycles. The quantitative estimate of drug-likeness (QED) is 0.688. The molecule has 2 aromatic rings. The van der Waals surface area contributed by atoms with Crippen molar-refractivity contribution in [3.63, 3.8) is 0 Å². The molecule has 1 heterocycles. The number of nitrogens with zero attached hydrogens (tertiary/aromatic N) is 1. The Morgan fingerprint density at radius 1 is 1.22 bits per heavy atom. The molecule has 27 heavy (non-hydrogen) atoms. The molecule has 1 aromatic carbocycles. The smallest absolute Gasteiger partial charge is 0.317 e. The number of hydrogen-bond donors (Lipinski definition) is 3. The standard InChI is InChI=1S/C20H23N3O4/c24-18(25)11-23(10-12-5-6-12)15-8-14(9-15)21-19(26)16-7-13-3-1-2-4-17(13)22-20(16)27/h1-4,7,12,14-15H,5-6,8-11H2,(H,21,26)(H,22,27)(H,24,25). The predicted octanol–water partition coefficient (Wildman–Crippen LogP) is 1.59. The molecule has 7 nitrogen and oxygen atoms in total. The summed E-state index contributed by atoms with van der Waals surface area (Å²) in [6, 6.07) is 9.11. The lowest BCUT2D eigenvalue weighted by molar-refractivity contribution is -0.139. The predicted molar refractivity (Wildman–Crippen MR) is 101 cm³/mol. The molecular formula is C20H23N3O4. The fourth-order valence-electron chi connectivity index (χ4n) is 3.73.